The summed E-state index contributed by atoms with van der Waals surface area (Å²) >= 11 is 0. The van der Waals surface area contributed by atoms with Crippen molar-refractivity contribution in [2.24, 2.45) is 11.8 Å². The van der Waals surface area contributed by atoms with Crippen LogP contribution in [-0.4, -0.2) is 82.0 Å². The molecule has 0 spiro atoms. The molecule has 0 radical (unpaired) electrons. The van der Waals surface area contributed by atoms with Crippen LogP contribution >= 0.6 is 0 Å². The van der Waals surface area contributed by atoms with Gasteiger partial charge in [0.25, 0.3) is 0 Å². The molecule has 9 nitrogen and oxygen atoms in total. The third kappa shape index (κ3) is 6.19. The molecule has 2 bridgehead atoms. The van der Waals surface area contributed by atoms with Gasteiger partial charge in [0, 0.05) is 25.7 Å². The van der Waals surface area contributed by atoms with Crippen molar-refractivity contribution in [3.63, 3.8) is 0 Å². The Bertz CT molecular complexity index is 1130. The number of rotatable bonds is 7. The van der Waals surface area contributed by atoms with Gasteiger partial charge in [0.05, 0.1) is 18.2 Å². The first kappa shape index (κ1) is 28.8. The van der Waals surface area contributed by atoms with Crippen molar-refractivity contribution in [2.45, 2.75) is 90.2 Å². The first-order valence-corrected chi connectivity index (χ1v) is 13.8. The Kier molecular flexibility index (Phi) is 8.22. The fraction of sp³-hybridized carbons (Fsp3) is 0.655. The van der Waals surface area contributed by atoms with Crippen LogP contribution in [0.15, 0.2) is 24.3 Å². The maximum atomic E-state index is 13.7. The lowest BCUT2D eigenvalue weighted by molar-refractivity contribution is -0.142. The molecule has 3 aliphatic rings. The average Bonchev–Trinajstić information content (AvgIpc) is 3.51. The fourth-order valence-corrected chi connectivity index (χ4v) is 6.26. The summed E-state index contributed by atoms with van der Waals surface area (Å²) in [5.74, 6) is -0.382. The summed E-state index contributed by atoms with van der Waals surface area (Å²) in [5, 5.41) is 12.4. The van der Waals surface area contributed by atoms with Crippen molar-refractivity contribution in [3.05, 3.63) is 35.6 Å². The average molecular weight is 542 g/mol. The van der Waals surface area contributed by atoms with Gasteiger partial charge in [0.1, 0.15) is 23.5 Å². The number of benzene rings is 1. The van der Waals surface area contributed by atoms with Crippen LogP contribution in [0.2, 0.25) is 0 Å². The topological polar surface area (TPSA) is 106 Å². The van der Waals surface area contributed by atoms with Crippen molar-refractivity contribution in [1.82, 2.24) is 20.0 Å². The molecule has 10 heteroatoms. The molecule has 1 N–H and O–H groups in total. The van der Waals surface area contributed by atoms with Gasteiger partial charge in [-0.05, 0) is 63.1 Å². The molecule has 6 atom stereocenters. The van der Waals surface area contributed by atoms with Crippen molar-refractivity contribution in [2.75, 3.05) is 19.6 Å². The smallest absolute Gasteiger partial charge is 0.408 e. The molecule has 1 aromatic rings. The number of fused-ring (bicyclic) bond motifs is 2. The Morgan fingerprint density at radius 1 is 1.18 bits per heavy atom. The normalized spacial score (nSPS) is 26.6. The van der Waals surface area contributed by atoms with E-state index in [4.69, 9.17) is 4.74 Å². The molecule has 3 aliphatic heterocycles. The molecule has 3 heterocycles. The molecule has 39 heavy (non-hydrogen) atoms. The summed E-state index contributed by atoms with van der Waals surface area (Å²) < 4.78 is 19.0. The zero-order valence-corrected chi connectivity index (χ0v) is 23.7. The number of carbonyl (C=O) groups is 3. The second-order valence-electron chi connectivity index (χ2n) is 12.5. The summed E-state index contributed by atoms with van der Waals surface area (Å²) in [5.41, 5.74) is 0.147. The van der Waals surface area contributed by atoms with E-state index in [9.17, 15) is 24.0 Å². The quantitative estimate of drug-likeness (QED) is 0.567. The van der Waals surface area contributed by atoms with E-state index in [1.165, 1.54) is 12.1 Å². The predicted octanol–water partition coefficient (Wildman–Crippen LogP) is 3.46. The van der Waals surface area contributed by atoms with E-state index in [1.54, 1.807) is 37.8 Å². The zero-order valence-electron chi connectivity index (χ0n) is 23.7. The summed E-state index contributed by atoms with van der Waals surface area (Å²) in [6, 6.07) is 6.34. The minimum Gasteiger partial charge on any atom is -0.444 e. The van der Waals surface area contributed by atoms with Crippen LogP contribution in [-0.2, 0) is 14.3 Å². The van der Waals surface area contributed by atoms with E-state index in [-0.39, 0.29) is 48.1 Å². The molecular formula is C29H40FN5O4. The minimum atomic E-state index is -0.959. The number of hydrogen-bond donors (Lipinski definition) is 1. The number of ether oxygens (including phenoxy) is 1. The zero-order chi connectivity index (χ0) is 28.6. The maximum Gasteiger partial charge on any atom is 0.408 e. The summed E-state index contributed by atoms with van der Waals surface area (Å²) in [4.78, 5) is 45.5. The number of carbonyl (C=O) groups excluding carboxylic acids is 3. The van der Waals surface area contributed by atoms with Gasteiger partial charge in [-0.3, -0.25) is 14.5 Å². The lowest BCUT2D eigenvalue weighted by Gasteiger charge is -2.41. The summed E-state index contributed by atoms with van der Waals surface area (Å²) in [6.07, 6.45) is 0.497. The first-order chi connectivity index (χ1) is 18.3. The van der Waals surface area contributed by atoms with Crippen LogP contribution in [0.3, 0.4) is 0 Å². The highest BCUT2D eigenvalue weighted by Gasteiger charge is 2.53. The van der Waals surface area contributed by atoms with Crippen LogP contribution in [0.5, 0.6) is 0 Å². The number of piperazine rings is 1. The van der Waals surface area contributed by atoms with Gasteiger partial charge < -0.3 is 19.9 Å². The van der Waals surface area contributed by atoms with Crippen molar-refractivity contribution in [3.8, 4) is 6.07 Å². The minimum absolute atomic E-state index is 0.0255. The van der Waals surface area contributed by atoms with Gasteiger partial charge in [-0.2, -0.15) is 5.26 Å². The SMILES string of the molecule is CC1CC(C#N)N(C(=O)C(CN2C[C@@H]3CC2C(=O)N3[C@H](c2ccc(F)cc2)C(C)C)NC(=O)OC(C)(C)C)C1. The number of amides is 3. The standard InChI is InChI=1S/C29H40FN5O4/c1-17(2)25(19-7-9-20(30)10-8-19)35-22-12-24(27(35)37)33(15-22)16-23(32-28(38)39-29(4,5)6)26(36)34-14-18(3)11-21(34)13-31/h7-10,17-18,21-25H,11-12,14-16H2,1-6H3,(H,32,38)/t18?,21?,22-,23?,24?,25-/m0/s1. The molecule has 3 fully saturated rings. The summed E-state index contributed by atoms with van der Waals surface area (Å²) in [6.45, 7) is 12.5. The van der Waals surface area contributed by atoms with E-state index in [0.29, 0.717) is 25.9 Å². The molecule has 0 saturated carbocycles. The Labute approximate surface area is 230 Å². The van der Waals surface area contributed by atoms with Crippen molar-refractivity contribution in [1.29, 1.82) is 5.26 Å². The van der Waals surface area contributed by atoms with E-state index in [1.807, 2.05) is 30.6 Å². The second kappa shape index (κ2) is 11.1. The molecule has 3 saturated heterocycles. The van der Waals surface area contributed by atoms with Crippen molar-refractivity contribution >= 4 is 17.9 Å². The van der Waals surface area contributed by atoms with Crippen LogP contribution in [0.25, 0.3) is 0 Å². The highest BCUT2D eigenvalue weighted by molar-refractivity contribution is 5.88. The van der Waals surface area contributed by atoms with Gasteiger partial charge in [0.15, 0.2) is 0 Å². The van der Waals surface area contributed by atoms with E-state index in [0.717, 1.165) is 5.56 Å². The Hall–Kier alpha value is -3.19. The molecular weight excluding hydrogens is 501 g/mol. The van der Waals surface area contributed by atoms with Gasteiger partial charge in [-0.1, -0.05) is 32.9 Å². The Morgan fingerprint density at radius 2 is 1.85 bits per heavy atom. The fourth-order valence-electron chi connectivity index (χ4n) is 6.26. The van der Waals surface area contributed by atoms with E-state index < -0.39 is 29.8 Å². The van der Waals surface area contributed by atoms with Gasteiger partial charge in [0.2, 0.25) is 11.8 Å². The highest BCUT2D eigenvalue weighted by atomic mass is 19.1. The maximum absolute atomic E-state index is 13.7. The van der Waals surface area contributed by atoms with Gasteiger partial charge >= 0.3 is 6.09 Å². The summed E-state index contributed by atoms with van der Waals surface area (Å²) in [7, 11) is 0. The highest BCUT2D eigenvalue weighted by Crippen LogP contribution is 2.41. The number of nitrogens with one attached hydrogen (secondary N) is 1. The Morgan fingerprint density at radius 3 is 2.41 bits per heavy atom. The van der Waals surface area contributed by atoms with Crippen molar-refractivity contribution < 1.29 is 23.5 Å². The second-order valence-corrected chi connectivity index (χ2v) is 12.5. The van der Waals surface area contributed by atoms with E-state index >= 15 is 0 Å². The van der Waals surface area contributed by atoms with Crippen LogP contribution in [0.4, 0.5) is 9.18 Å². The molecule has 3 amide bonds. The van der Waals surface area contributed by atoms with Crippen LogP contribution in [0, 0.1) is 29.0 Å². The van der Waals surface area contributed by atoms with Crippen LogP contribution in [0.1, 0.15) is 66.0 Å². The Balaban J connectivity index is 1.52. The molecule has 4 unspecified atom stereocenters. The third-order valence-electron chi connectivity index (χ3n) is 7.81. The molecule has 212 valence electrons. The van der Waals surface area contributed by atoms with Crippen LogP contribution < -0.4 is 5.32 Å². The predicted molar refractivity (Wildman–Crippen MR) is 143 cm³/mol. The lowest BCUT2D eigenvalue weighted by atomic mass is 9.93. The molecule has 0 aliphatic carbocycles. The molecule has 4 rings (SSSR count). The number of alkyl carbamates (subject to hydrolysis) is 1. The number of nitrogens with zero attached hydrogens (tertiary/aromatic N) is 4. The van der Waals surface area contributed by atoms with Gasteiger partial charge in [-0.15, -0.1) is 0 Å². The van der Waals surface area contributed by atoms with Gasteiger partial charge in [-0.25, -0.2) is 9.18 Å². The molecule has 1 aromatic carbocycles. The first-order valence-electron chi connectivity index (χ1n) is 13.8. The monoisotopic (exact) mass is 541 g/mol. The van der Waals surface area contributed by atoms with E-state index in [2.05, 4.69) is 11.4 Å². The lowest BCUT2D eigenvalue weighted by Crippen LogP contribution is -2.59. The number of halogens is 1. The third-order valence-corrected chi connectivity index (χ3v) is 7.81. The number of hydrogen-bond acceptors (Lipinski definition) is 6. The molecule has 0 aromatic heterocycles. The number of nitriles is 1. The number of likely N-dealkylation sites (tertiary alicyclic amines) is 3. The largest absolute Gasteiger partial charge is 0.444 e.